The summed E-state index contributed by atoms with van der Waals surface area (Å²) in [5, 5.41) is 0. The summed E-state index contributed by atoms with van der Waals surface area (Å²) in [6.45, 7) is 1.66. The van der Waals surface area contributed by atoms with Crippen LogP contribution in [0.5, 0.6) is 0 Å². The Morgan fingerprint density at radius 1 is 1.50 bits per heavy atom. The maximum absolute atomic E-state index is 10.6. The molecular weight excluding hydrogens is 100 g/mol. The average Bonchev–Trinajstić information content (AvgIpc) is 2.12. The van der Waals surface area contributed by atoms with Crippen LogP contribution in [0.2, 0.25) is 0 Å². The van der Waals surface area contributed by atoms with Gasteiger partial charge in [-0.05, 0) is 19.8 Å². The molecule has 0 aromatic heterocycles. The Balaban J connectivity index is 2.41. The molecular formula is C7H10O. The van der Waals surface area contributed by atoms with Gasteiger partial charge in [-0.25, -0.2) is 0 Å². The molecule has 0 fully saturated rings. The summed E-state index contributed by atoms with van der Waals surface area (Å²) in [5.41, 5.74) is 0. The van der Waals surface area contributed by atoms with Crippen molar-refractivity contribution in [3.05, 3.63) is 12.2 Å². The van der Waals surface area contributed by atoms with E-state index in [-0.39, 0.29) is 0 Å². The van der Waals surface area contributed by atoms with Crippen molar-refractivity contribution in [1.82, 2.24) is 0 Å². The molecule has 1 aliphatic carbocycles. The van der Waals surface area contributed by atoms with Crippen molar-refractivity contribution < 1.29 is 4.79 Å². The molecule has 1 rings (SSSR count). The first-order valence-corrected chi connectivity index (χ1v) is 2.96. The molecule has 8 heavy (non-hydrogen) atoms. The van der Waals surface area contributed by atoms with E-state index >= 15 is 0 Å². The monoisotopic (exact) mass is 110 g/mol. The standard InChI is InChI=1S/C7H10O/c1-6(8)7-4-2-3-5-7/h2-3,7H,4-5H2,1H3. The summed E-state index contributed by atoms with van der Waals surface area (Å²) in [7, 11) is 0. The van der Waals surface area contributed by atoms with Gasteiger partial charge in [0.25, 0.3) is 0 Å². The number of rotatable bonds is 1. The maximum Gasteiger partial charge on any atom is 0.133 e. The SMILES string of the molecule is CC(=O)C1CC=CC1. The van der Waals surface area contributed by atoms with Crippen LogP contribution in [0.1, 0.15) is 19.8 Å². The molecule has 0 saturated heterocycles. The lowest BCUT2D eigenvalue weighted by atomic mass is 10.0. The first-order valence-electron chi connectivity index (χ1n) is 2.96. The molecule has 0 aromatic rings. The summed E-state index contributed by atoms with van der Waals surface area (Å²) in [6.07, 6.45) is 6.09. The van der Waals surface area contributed by atoms with Gasteiger partial charge in [0.05, 0.1) is 0 Å². The zero-order valence-electron chi connectivity index (χ0n) is 5.05. The molecule has 0 amide bonds. The quantitative estimate of drug-likeness (QED) is 0.468. The van der Waals surface area contributed by atoms with Gasteiger partial charge < -0.3 is 0 Å². The zero-order valence-corrected chi connectivity index (χ0v) is 5.05. The van der Waals surface area contributed by atoms with E-state index in [9.17, 15) is 4.79 Å². The van der Waals surface area contributed by atoms with Crippen molar-refractivity contribution in [1.29, 1.82) is 0 Å². The van der Waals surface area contributed by atoms with Crippen LogP contribution in [0.25, 0.3) is 0 Å². The van der Waals surface area contributed by atoms with Gasteiger partial charge in [-0.1, -0.05) is 12.2 Å². The van der Waals surface area contributed by atoms with E-state index in [1.54, 1.807) is 6.92 Å². The highest BCUT2D eigenvalue weighted by Gasteiger charge is 2.13. The van der Waals surface area contributed by atoms with E-state index in [0.29, 0.717) is 11.7 Å². The highest BCUT2D eigenvalue weighted by molar-refractivity contribution is 5.79. The van der Waals surface area contributed by atoms with Gasteiger partial charge in [-0.2, -0.15) is 0 Å². The lowest BCUT2D eigenvalue weighted by Crippen LogP contribution is -2.04. The highest BCUT2D eigenvalue weighted by atomic mass is 16.1. The van der Waals surface area contributed by atoms with Crippen LogP contribution >= 0.6 is 0 Å². The molecule has 0 radical (unpaired) electrons. The molecule has 0 unspecified atom stereocenters. The number of hydrogen-bond acceptors (Lipinski definition) is 1. The second kappa shape index (κ2) is 2.12. The molecule has 1 heteroatoms. The molecule has 0 aliphatic heterocycles. The second-order valence-electron chi connectivity index (χ2n) is 2.25. The van der Waals surface area contributed by atoms with Gasteiger partial charge in [0, 0.05) is 5.92 Å². The minimum atomic E-state index is 0.315. The van der Waals surface area contributed by atoms with E-state index in [4.69, 9.17) is 0 Å². The van der Waals surface area contributed by atoms with Crippen molar-refractivity contribution in [2.24, 2.45) is 5.92 Å². The third kappa shape index (κ3) is 0.971. The van der Waals surface area contributed by atoms with Crippen LogP contribution in [-0.4, -0.2) is 5.78 Å². The van der Waals surface area contributed by atoms with Crippen LogP contribution in [0.3, 0.4) is 0 Å². The average molecular weight is 110 g/mol. The predicted molar refractivity (Wildman–Crippen MR) is 32.5 cm³/mol. The topological polar surface area (TPSA) is 17.1 Å². The number of ketones is 1. The number of Topliss-reactive ketones (excluding diaryl/α,β-unsaturated/α-hetero) is 1. The van der Waals surface area contributed by atoms with Crippen molar-refractivity contribution in [3.8, 4) is 0 Å². The fourth-order valence-electron chi connectivity index (χ4n) is 0.949. The van der Waals surface area contributed by atoms with Crippen LogP contribution < -0.4 is 0 Å². The molecule has 1 nitrogen and oxygen atoms in total. The zero-order chi connectivity index (χ0) is 5.98. The van der Waals surface area contributed by atoms with Crippen LogP contribution in [0.4, 0.5) is 0 Å². The molecule has 0 saturated carbocycles. The molecule has 0 atom stereocenters. The van der Waals surface area contributed by atoms with E-state index in [1.807, 2.05) is 0 Å². The number of carbonyl (C=O) groups excluding carboxylic acids is 1. The third-order valence-electron chi connectivity index (χ3n) is 1.58. The Morgan fingerprint density at radius 3 is 2.25 bits per heavy atom. The Labute approximate surface area is 49.4 Å². The first-order chi connectivity index (χ1) is 3.80. The van der Waals surface area contributed by atoms with E-state index in [2.05, 4.69) is 12.2 Å². The molecule has 44 valence electrons. The van der Waals surface area contributed by atoms with E-state index in [1.165, 1.54) is 0 Å². The Morgan fingerprint density at radius 2 is 2.00 bits per heavy atom. The second-order valence-corrected chi connectivity index (χ2v) is 2.25. The molecule has 0 heterocycles. The molecule has 1 aliphatic rings. The van der Waals surface area contributed by atoms with Gasteiger partial charge in [-0.15, -0.1) is 0 Å². The fourth-order valence-corrected chi connectivity index (χ4v) is 0.949. The van der Waals surface area contributed by atoms with Gasteiger partial charge in [-0.3, -0.25) is 4.79 Å². The van der Waals surface area contributed by atoms with E-state index in [0.717, 1.165) is 12.8 Å². The van der Waals surface area contributed by atoms with E-state index < -0.39 is 0 Å². The van der Waals surface area contributed by atoms with Crippen LogP contribution in [-0.2, 0) is 4.79 Å². The Hall–Kier alpha value is -0.590. The van der Waals surface area contributed by atoms with Gasteiger partial charge in [0.1, 0.15) is 5.78 Å². The van der Waals surface area contributed by atoms with Gasteiger partial charge in [0.15, 0.2) is 0 Å². The minimum Gasteiger partial charge on any atom is -0.300 e. The number of carbonyl (C=O) groups is 1. The van der Waals surface area contributed by atoms with Gasteiger partial charge in [0.2, 0.25) is 0 Å². The van der Waals surface area contributed by atoms with Crippen LogP contribution in [0, 0.1) is 5.92 Å². The largest absolute Gasteiger partial charge is 0.300 e. The highest BCUT2D eigenvalue weighted by Crippen LogP contribution is 2.17. The maximum atomic E-state index is 10.6. The third-order valence-corrected chi connectivity index (χ3v) is 1.58. The molecule has 0 spiro atoms. The lowest BCUT2D eigenvalue weighted by Gasteiger charge is -1.99. The Bertz CT molecular complexity index is 116. The van der Waals surface area contributed by atoms with Crippen molar-refractivity contribution >= 4 is 5.78 Å². The summed E-state index contributed by atoms with van der Waals surface area (Å²) in [6, 6.07) is 0. The first kappa shape index (κ1) is 5.54. The summed E-state index contributed by atoms with van der Waals surface area (Å²) >= 11 is 0. The molecule has 0 aromatic carbocycles. The smallest absolute Gasteiger partial charge is 0.133 e. The van der Waals surface area contributed by atoms with Crippen molar-refractivity contribution in [2.45, 2.75) is 19.8 Å². The van der Waals surface area contributed by atoms with Crippen molar-refractivity contribution in [3.63, 3.8) is 0 Å². The number of allylic oxidation sites excluding steroid dienone is 2. The summed E-state index contributed by atoms with van der Waals surface area (Å²) in [4.78, 5) is 10.6. The van der Waals surface area contributed by atoms with Crippen LogP contribution in [0.15, 0.2) is 12.2 Å². The minimum absolute atomic E-state index is 0.315. The lowest BCUT2D eigenvalue weighted by molar-refractivity contribution is -0.120. The predicted octanol–water partition coefficient (Wildman–Crippen LogP) is 1.54. The fraction of sp³-hybridized carbons (Fsp3) is 0.571. The normalized spacial score (nSPS) is 19.6. The van der Waals surface area contributed by atoms with Gasteiger partial charge >= 0.3 is 0 Å². The summed E-state index contributed by atoms with van der Waals surface area (Å²) in [5.74, 6) is 0.644. The molecule has 0 N–H and O–H groups in total. The summed E-state index contributed by atoms with van der Waals surface area (Å²) < 4.78 is 0. The molecule has 0 bridgehead atoms. The van der Waals surface area contributed by atoms with Crippen molar-refractivity contribution in [2.75, 3.05) is 0 Å². The Kier molecular flexibility index (Phi) is 1.47. The number of hydrogen-bond donors (Lipinski definition) is 0.